The minimum atomic E-state index is -0.134. The molecule has 0 aliphatic carbocycles. The molecule has 3 aromatic rings. The van der Waals surface area contributed by atoms with Crippen LogP contribution in [0.15, 0.2) is 66.9 Å². The average molecular weight is 343 g/mol. The van der Waals surface area contributed by atoms with E-state index in [4.69, 9.17) is 0 Å². The van der Waals surface area contributed by atoms with E-state index in [1.165, 1.54) is 5.56 Å². The van der Waals surface area contributed by atoms with E-state index in [1.807, 2.05) is 49.4 Å². The van der Waals surface area contributed by atoms with E-state index in [0.29, 0.717) is 11.4 Å². The van der Waals surface area contributed by atoms with Crippen LogP contribution in [0.1, 0.15) is 27.9 Å². The van der Waals surface area contributed by atoms with Gasteiger partial charge in [0, 0.05) is 24.1 Å². The summed E-state index contributed by atoms with van der Waals surface area (Å²) in [6.45, 7) is 2.85. The minimum Gasteiger partial charge on any atom is -0.325 e. The molecule has 2 heterocycles. The molecule has 0 fully saturated rings. The van der Waals surface area contributed by atoms with Crippen LogP contribution in [0.4, 0.5) is 17.2 Å². The summed E-state index contributed by atoms with van der Waals surface area (Å²) in [5.74, 6) is 0.580. The Bertz CT molecular complexity index is 951. The number of amides is 1. The fraction of sp³-hybridized carbons (Fsp3) is 0.182. The zero-order chi connectivity index (χ0) is 17.9. The molecule has 0 saturated carbocycles. The number of nitrogens with one attached hydrogen (secondary N) is 1. The Morgan fingerprint density at radius 1 is 1.04 bits per heavy atom. The van der Waals surface area contributed by atoms with Gasteiger partial charge in [0.2, 0.25) is 0 Å². The molecule has 0 saturated heterocycles. The number of benzene rings is 2. The number of nitrogens with zero attached hydrogens (tertiary/aromatic N) is 2. The van der Waals surface area contributed by atoms with Gasteiger partial charge in [0.15, 0.2) is 0 Å². The predicted molar refractivity (Wildman–Crippen MR) is 105 cm³/mol. The first-order valence-electron chi connectivity index (χ1n) is 8.91. The van der Waals surface area contributed by atoms with Crippen LogP contribution in [-0.2, 0) is 6.42 Å². The molecule has 4 rings (SSSR count). The summed E-state index contributed by atoms with van der Waals surface area (Å²) in [4.78, 5) is 19.7. The molecule has 26 heavy (non-hydrogen) atoms. The molecule has 1 N–H and O–H groups in total. The predicted octanol–water partition coefficient (Wildman–Crippen LogP) is 4.73. The van der Waals surface area contributed by atoms with Crippen LogP contribution in [-0.4, -0.2) is 17.4 Å². The molecule has 2 aromatic carbocycles. The fourth-order valence-corrected chi connectivity index (χ4v) is 3.45. The highest BCUT2D eigenvalue weighted by Crippen LogP contribution is 2.34. The van der Waals surface area contributed by atoms with Gasteiger partial charge >= 0.3 is 0 Å². The summed E-state index contributed by atoms with van der Waals surface area (Å²) in [6, 6.07) is 19.8. The normalized spacial score (nSPS) is 13.2. The van der Waals surface area contributed by atoms with E-state index in [2.05, 4.69) is 33.4 Å². The zero-order valence-corrected chi connectivity index (χ0v) is 14.8. The molecular formula is C22H21N3O. The number of carbonyl (C=O) groups is 1. The van der Waals surface area contributed by atoms with Crippen LogP contribution in [0.5, 0.6) is 0 Å². The molecule has 1 aromatic heterocycles. The highest BCUT2D eigenvalue weighted by atomic mass is 16.1. The van der Waals surface area contributed by atoms with Crippen molar-refractivity contribution in [1.82, 2.24) is 4.98 Å². The van der Waals surface area contributed by atoms with Gasteiger partial charge in [-0.3, -0.25) is 4.79 Å². The van der Waals surface area contributed by atoms with Gasteiger partial charge in [0.1, 0.15) is 5.82 Å². The highest BCUT2D eigenvalue weighted by Gasteiger charge is 2.23. The third-order valence-corrected chi connectivity index (χ3v) is 4.79. The quantitative estimate of drug-likeness (QED) is 0.748. The number of anilines is 3. The van der Waals surface area contributed by atoms with Gasteiger partial charge in [-0.25, -0.2) is 4.98 Å². The van der Waals surface area contributed by atoms with Gasteiger partial charge in [0.05, 0.1) is 5.56 Å². The van der Waals surface area contributed by atoms with Gasteiger partial charge in [-0.1, -0.05) is 36.4 Å². The van der Waals surface area contributed by atoms with Crippen LogP contribution in [0.3, 0.4) is 0 Å². The van der Waals surface area contributed by atoms with E-state index in [1.54, 1.807) is 6.20 Å². The topological polar surface area (TPSA) is 45.2 Å². The second-order valence-corrected chi connectivity index (χ2v) is 6.53. The molecular weight excluding hydrogens is 322 g/mol. The van der Waals surface area contributed by atoms with E-state index < -0.39 is 0 Å². The van der Waals surface area contributed by atoms with E-state index in [-0.39, 0.29) is 5.91 Å². The van der Waals surface area contributed by atoms with Gasteiger partial charge < -0.3 is 10.2 Å². The van der Waals surface area contributed by atoms with Gasteiger partial charge in [-0.15, -0.1) is 0 Å². The van der Waals surface area contributed by atoms with Crippen molar-refractivity contribution in [3.05, 3.63) is 83.6 Å². The van der Waals surface area contributed by atoms with Crippen LogP contribution < -0.4 is 10.2 Å². The molecule has 4 heteroatoms. The lowest BCUT2D eigenvalue weighted by molar-refractivity contribution is 0.102. The number of fused-ring (bicyclic) bond motifs is 1. The summed E-state index contributed by atoms with van der Waals surface area (Å²) in [5, 5.41) is 3.02. The fourth-order valence-electron chi connectivity index (χ4n) is 3.45. The Kier molecular flexibility index (Phi) is 4.40. The van der Waals surface area contributed by atoms with Crippen molar-refractivity contribution >= 4 is 23.1 Å². The molecule has 130 valence electrons. The maximum atomic E-state index is 13.0. The molecule has 4 nitrogen and oxygen atoms in total. The summed E-state index contributed by atoms with van der Waals surface area (Å²) in [7, 11) is 0. The van der Waals surface area contributed by atoms with Crippen molar-refractivity contribution in [1.29, 1.82) is 0 Å². The van der Waals surface area contributed by atoms with Crippen LogP contribution >= 0.6 is 0 Å². The Morgan fingerprint density at radius 2 is 1.85 bits per heavy atom. The monoisotopic (exact) mass is 343 g/mol. The Labute approximate surface area is 153 Å². The smallest absolute Gasteiger partial charge is 0.259 e. The molecule has 0 bridgehead atoms. The average Bonchev–Trinajstić information content (AvgIpc) is 2.69. The summed E-state index contributed by atoms with van der Waals surface area (Å²) >= 11 is 0. The Balaban J connectivity index is 1.70. The Hall–Kier alpha value is -3.14. The summed E-state index contributed by atoms with van der Waals surface area (Å²) in [5.41, 5.74) is 4.89. The van der Waals surface area contributed by atoms with Crippen molar-refractivity contribution in [3.63, 3.8) is 0 Å². The van der Waals surface area contributed by atoms with Crippen molar-refractivity contribution in [2.75, 3.05) is 16.8 Å². The number of hydrogen-bond acceptors (Lipinski definition) is 3. The number of rotatable bonds is 3. The highest BCUT2D eigenvalue weighted by molar-refractivity contribution is 6.08. The van der Waals surface area contributed by atoms with Gasteiger partial charge in [-0.2, -0.15) is 0 Å². The lowest BCUT2D eigenvalue weighted by Gasteiger charge is -2.31. The zero-order valence-electron chi connectivity index (χ0n) is 14.8. The number of pyridine rings is 1. The molecule has 1 aliphatic heterocycles. The molecule has 0 radical (unpaired) electrons. The number of aryl methyl sites for hydroxylation is 2. The summed E-state index contributed by atoms with van der Waals surface area (Å²) < 4.78 is 0. The second-order valence-electron chi connectivity index (χ2n) is 6.53. The molecule has 1 amide bonds. The van der Waals surface area contributed by atoms with E-state index in [9.17, 15) is 4.79 Å². The number of aromatic nitrogens is 1. The molecule has 0 atom stereocenters. The lowest BCUT2D eigenvalue weighted by atomic mass is 10.0. The molecule has 1 aliphatic rings. The minimum absolute atomic E-state index is 0.134. The van der Waals surface area contributed by atoms with Crippen LogP contribution in [0, 0.1) is 6.92 Å². The maximum Gasteiger partial charge on any atom is 0.259 e. The number of carbonyl (C=O) groups excluding carboxylic acids is 1. The molecule has 0 spiro atoms. The van der Waals surface area contributed by atoms with Crippen molar-refractivity contribution in [2.24, 2.45) is 0 Å². The SMILES string of the molecule is Cc1ccccc1NC(=O)c1cccnc1N1CCCc2ccccc21. The standard InChI is InChI=1S/C22H21N3O/c1-16-8-2-4-12-19(16)24-22(26)18-11-6-14-23-21(18)25-15-7-10-17-9-3-5-13-20(17)25/h2-6,8-9,11-14H,7,10,15H2,1H3,(H,24,26). The number of para-hydroxylation sites is 2. The largest absolute Gasteiger partial charge is 0.325 e. The van der Waals surface area contributed by atoms with E-state index in [0.717, 1.165) is 36.3 Å². The Morgan fingerprint density at radius 3 is 2.73 bits per heavy atom. The van der Waals surface area contributed by atoms with Crippen molar-refractivity contribution in [3.8, 4) is 0 Å². The number of hydrogen-bond donors (Lipinski definition) is 1. The van der Waals surface area contributed by atoms with Gasteiger partial charge in [0.25, 0.3) is 5.91 Å². The van der Waals surface area contributed by atoms with Crippen LogP contribution in [0.25, 0.3) is 0 Å². The maximum absolute atomic E-state index is 13.0. The summed E-state index contributed by atoms with van der Waals surface area (Å²) in [6.07, 6.45) is 3.85. The lowest BCUT2D eigenvalue weighted by Crippen LogP contribution is -2.28. The molecule has 0 unspecified atom stereocenters. The third kappa shape index (κ3) is 3.06. The second kappa shape index (κ2) is 7.00. The van der Waals surface area contributed by atoms with Crippen molar-refractivity contribution in [2.45, 2.75) is 19.8 Å². The van der Waals surface area contributed by atoms with Crippen LogP contribution in [0.2, 0.25) is 0 Å². The first-order valence-corrected chi connectivity index (χ1v) is 8.91. The first-order chi connectivity index (χ1) is 12.7. The third-order valence-electron chi connectivity index (χ3n) is 4.79. The van der Waals surface area contributed by atoms with Crippen molar-refractivity contribution < 1.29 is 4.79 Å². The first kappa shape index (κ1) is 16.3. The van der Waals surface area contributed by atoms with Gasteiger partial charge in [-0.05, 0) is 55.2 Å². The van der Waals surface area contributed by atoms with E-state index >= 15 is 0 Å².